The average molecular weight is 468 g/mol. The summed E-state index contributed by atoms with van der Waals surface area (Å²) in [5.41, 5.74) is 0. The number of rotatable bonds is 10. The van der Waals surface area contributed by atoms with Gasteiger partial charge in [0.15, 0.2) is 0 Å². The van der Waals surface area contributed by atoms with Gasteiger partial charge in [0.05, 0.1) is 36.8 Å². The molecule has 0 amide bonds. The number of hydrogen-bond donors (Lipinski definition) is 0. The predicted molar refractivity (Wildman–Crippen MR) is 141 cm³/mol. The minimum Gasteiger partial charge on any atom is -0.499 e. The summed E-state index contributed by atoms with van der Waals surface area (Å²) >= 11 is 0. The largest absolute Gasteiger partial charge is 0.499 e. The molecule has 34 heavy (non-hydrogen) atoms. The second-order valence-electron chi connectivity index (χ2n) is 10.5. The van der Waals surface area contributed by atoms with Crippen LogP contribution in [0.4, 0.5) is 0 Å². The van der Waals surface area contributed by atoms with Gasteiger partial charge in [-0.25, -0.2) is 12.2 Å². The molecule has 0 N–H and O–H groups in total. The smallest absolute Gasteiger partial charge is 0.0974 e. The fraction of sp³-hybridized carbons (Fsp3) is 0.677. The van der Waals surface area contributed by atoms with E-state index in [0.717, 1.165) is 43.4 Å². The normalized spacial score (nSPS) is 33.8. The van der Waals surface area contributed by atoms with Crippen molar-refractivity contribution in [3.8, 4) is 0 Å². The molecule has 0 radical (unpaired) electrons. The first-order chi connectivity index (χ1) is 16.5. The molecule has 3 heteroatoms. The monoisotopic (exact) mass is 467 g/mol. The van der Waals surface area contributed by atoms with Crippen molar-refractivity contribution in [3.63, 3.8) is 0 Å². The van der Waals surface area contributed by atoms with Gasteiger partial charge < -0.3 is 14.2 Å². The van der Waals surface area contributed by atoms with E-state index in [0.29, 0.717) is 30.3 Å². The van der Waals surface area contributed by atoms with Crippen molar-refractivity contribution in [2.75, 3.05) is 0 Å². The Kier molecular flexibility index (Phi) is 11.2. The molecule has 0 aliphatic heterocycles. The van der Waals surface area contributed by atoms with Crippen molar-refractivity contribution in [1.29, 1.82) is 0 Å². The molecule has 2 fully saturated rings. The van der Waals surface area contributed by atoms with Crippen molar-refractivity contribution in [2.45, 2.75) is 110 Å². The maximum atomic E-state index is 6.25. The molecule has 0 aromatic heterocycles. The van der Waals surface area contributed by atoms with Gasteiger partial charge in [-0.05, 0) is 64.2 Å². The summed E-state index contributed by atoms with van der Waals surface area (Å²) in [6, 6.07) is 0. The Balaban J connectivity index is 0.000000164. The van der Waals surface area contributed by atoms with Gasteiger partial charge in [-0.1, -0.05) is 44.7 Å². The van der Waals surface area contributed by atoms with E-state index < -0.39 is 0 Å². The summed E-state index contributed by atoms with van der Waals surface area (Å²) in [6.07, 6.45) is 31.2. The van der Waals surface area contributed by atoms with Crippen LogP contribution in [0.2, 0.25) is 0 Å². The van der Waals surface area contributed by atoms with Crippen LogP contribution in [-0.2, 0) is 14.2 Å². The molecule has 5 rings (SSSR count). The van der Waals surface area contributed by atoms with Gasteiger partial charge in [-0.2, -0.15) is 6.08 Å². The fourth-order valence-corrected chi connectivity index (χ4v) is 5.66. The van der Waals surface area contributed by atoms with Crippen molar-refractivity contribution in [1.82, 2.24) is 0 Å². The molecular weight excluding hydrogens is 420 g/mol. The van der Waals surface area contributed by atoms with Crippen molar-refractivity contribution in [3.05, 3.63) is 61.4 Å². The Morgan fingerprint density at radius 1 is 0.882 bits per heavy atom. The van der Waals surface area contributed by atoms with Gasteiger partial charge in [0.1, 0.15) is 0 Å². The Morgan fingerprint density at radius 3 is 1.91 bits per heavy atom. The molecule has 0 aromatic carbocycles. The van der Waals surface area contributed by atoms with Crippen LogP contribution in [0.25, 0.3) is 0 Å². The van der Waals surface area contributed by atoms with Gasteiger partial charge >= 0.3 is 0 Å². The van der Waals surface area contributed by atoms with E-state index in [9.17, 15) is 0 Å². The van der Waals surface area contributed by atoms with E-state index in [-0.39, 0.29) is 6.10 Å². The summed E-state index contributed by atoms with van der Waals surface area (Å²) in [7, 11) is 0. The minimum absolute atomic E-state index is 0.201. The number of ether oxygens (including phenoxy) is 3. The van der Waals surface area contributed by atoms with Crippen LogP contribution < -0.4 is 0 Å². The molecular formula is C31H47O3-. The topological polar surface area (TPSA) is 27.7 Å². The number of hydrogen-bond acceptors (Lipinski definition) is 3. The molecule has 2 saturated carbocycles. The lowest BCUT2D eigenvalue weighted by molar-refractivity contribution is -0.0468. The zero-order chi connectivity index (χ0) is 24.3. The van der Waals surface area contributed by atoms with Crippen LogP contribution in [0.3, 0.4) is 0 Å². The molecule has 5 aliphatic rings. The quantitative estimate of drug-likeness (QED) is 0.187. The van der Waals surface area contributed by atoms with E-state index in [1.165, 1.54) is 31.9 Å². The number of allylic oxidation sites excluding steroid dienone is 6. The maximum Gasteiger partial charge on any atom is 0.0974 e. The molecule has 9 atom stereocenters. The standard InChI is InChI=1S/C15H24O2.C11H18O.C5H5/c1-4-14(8-11(3)16-5-2)17-15-10-12-6-7-13(15)9-12;1-3-8(2)12-11-7-9-4-5-10(11)6-9;1-2-4-5-3-1/h5-7,11-15H,2,4,8-10H2,1,3H3;4-5,8-11H,3,6-7H2,1-2H3;1-3H,4H2/q;;-1. The van der Waals surface area contributed by atoms with Crippen LogP contribution in [0.1, 0.15) is 79.1 Å². The van der Waals surface area contributed by atoms with Crippen LogP contribution in [0, 0.1) is 29.7 Å². The Bertz CT molecular complexity index is 710. The van der Waals surface area contributed by atoms with Crippen LogP contribution >= 0.6 is 0 Å². The van der Waals surface area contributed by atoms with Crippen LogP contribution in [-0.4, -0.2) is 30.5 Å². The third kappa shape index (κ3) is 8.27. The molecule has 0 saturated heterocycles. The van der Waals surface area contributed by atoms with Crippen molar-refractivity contribution in [2.24, 2.45) is 23.7 Å². The molecule has 0 aromatic rings. The highest BCUT2D eigenvalue weighted by Gasteiger charge is 2.38. The SMILES string of the molecule is C=COC(C)CC(CC)OC1CC2C=CC1C2.CCC(C)OC1CC2C=CC1C2.[C-]1=CC=CC1. The van der Waals surface area contributed by atoms with Crippen LogP contribution in [0.5, 0.6) is 0 Å². The first kappa shape index (κ1) is 27.0. The third-order valence-corrected chi connectivity index (χ3v) is 7.75. The molecule has 9 unspecified atom stereocenters. The second-order valence-corrected chi connectivity index (χ2v) is 10.5. The average Bonchev–Trinajstić information content (AvgIpc) is 3.66. The third-order valence-electron chi connectivity index (χ3n) is 7.75. The predicted octanol–water partition coefficient (Wildman–Crippen LogP) is 7.76. The van der Waals surface area contributed by atoms with Crippen molar-refractivity contribution < 1.29 is 14.2 Å². The Labute approximate surface area is 209 Å². The van der Waals surface area contributed by atoms with E-state index in [4.69, 9.17) is 14.2 Å². The summed E-state index contributed by atoms with van der Waals surface area (Å²) in [6.45, 7) is 12.2. The summed E-state index contributed by atoms with van der Waals surface area (Å²) in [5, 5.41) is 0. The molecule has 3 nitrogen and oxygen atoms in total. The van der Waals surface area contributed by atoms with E-state index in [1.54, 1.807) is 0 Å². The zero-order valence-corrected chi connectivity index (χ0v) is 21.9. The Morgan fingerprint density at radius 2 is 1.53 bits per heavy atom. The summed E-state index contributed by atoms with van der Waals surface area (Å²) in [5.74, 6) is 3.03. The zero-order valence-electron chi connectivity index (χ0n) is 21.9. The first-order valence-electron chi connectivity index (χ1n) is 13.7. The molecule has 190 valence electrons. The van der Waals surface area contributed by atoms with Gasteiger partial charge in [0.2, 0.25) is 0 Å². The molecule has 0 spiro atoms. The van der Waals surface area contributed by atoms with Crippen LogP contribution in [0.15, 0.2) is 55.4 Å². The van der Waals surface area contributed by atoms with Crippen molar-refractivity contribution >= 4 is 0 Å². The van der Waals surface area contributed by atoms with E-state index in [2.05, 4.69) is 70.7 Å². The molecule has 0 heterocycles. The van der Waals surface area contributed by atoms with Gasteiger partial charge in [-0.15, -0.1) is 6.42 Å². The van der Waals surface area contributed by atoms with E-state index in [1.807, 2.05) is 12.2 Å². The van der Waals surface area contributed by atoms with Gasteiger partial charge in [-0.3, -0.25) is 6.08 Å². The van der Waals surface area contributed by atoms with E-state index >= 15 is 0 Å². The first-order valence-corrected chi connectivity index (χ1v) is 13.7. The molecule has 5 aliphatic carbocycles. The van der Waals surface area contributed by atoms with Gasteiger partial charge in [0.25, 0.3) is 0 Å². The highest BCUT2D eigenvalue weighted by Crippen LogP contribution is 2.42. The second kappa shape index (κ2) is 14.1. The fourth-order valence-electron chi connectivity index (χ4n) is 5.66. The lowest BCUT2D eigenvalue weighted by Gasteiger charge is -2.27. The highest BCUT2D eigenvalue weighted by atomic mass is 16.5. The summed E-state index contributed by atoms with van der Waals surface area (Å²) in [4.78, 5) is 0. The highest BCUT2D eigenvalue weighted by molar-refractivity contribution is 5.12. The lowest BCUT2D eigenvalue weighted by atomic mass is 10.0. The maximum absolute atomic E-state index is 6.25. The lowest BCUT2D eigenvalue weighted by Crippen LogP contribution is -2.28. The van der Waals surface area contributed by atoms with Gasteiger partial charge in [0, 0.05) is 18.3 Å². The Hall–Kier alpha value is -1.58. The number of fused-ring (bicyclic) bond motifs is 4. The molecule has 4 bridgehead atoms. The minimum atomic E-state index is 0.201. The summed E-state index contributed by atoms with van der Waals surface area (Å²) < 4.78 is 17.6.